The van der Waals surface area contributed by atoms with Crippen molar-refractivity contribution in [2.45, 2.75) is 51.7 Å². The van der Waals surface area contributed by atoms with Gasteiger partial charge in [-0.1, -0.05) is 36.2 Å². The minimum atomic E-state index is -0.320. The lowest BCUT2D eigenvalue weighted by atomic mass is 10.0. The maximum absolute atomic E-state index is 10.2. The highest BCUT2D eigenvalue weighted by Gasteiger charge is 2.19. The van der Waals surface area contributed by atoms with Crippen LogP contribution in [0.5, 0.6) is 0 Å². The summed E-state index contributed by atoms with van der Waals surface area (Å²) < 4.78 is 0. The highest BCUT2D eigenvalue weighted by atomic mass is 16.3. The van der Waals surface area contributed by atoms with E-state index in [2.05, 4.69) is 30.9 Å². The van der Waals surface area contributed by atoms with E-state index in [1.807, 2.05) is 12.1 Å². The van der Waals surface area contributed by atoms with Crippen molar-refractivity contribution in [2.24, 2.45) is 0 Å². The molecule has 1 aromatic carbocycles. The molecule has 100 valence electrons. The van der Waals surface area contributed by atoms with Gasteiger partial charge in [-0.2, -0.15) is 0 Å². The Hall–Kier alpha value is -0.860. The molecule has 1 saturated heterocycles. The molecule has 2 unspecified atom stereocenters. The maximum Gasteiger partial charge on any atom is 0.0802 e. The van der Waals surface area contributed by atoms with Crippen molar-refractivity contribution in [2.75, 3.05) is 13.1 Å². The largest absolute Gasteiger partial charge is 0.388 e. The van der Waals surface area contributed by atoms with Gasteiger partial charge >= 0.3 is 0 Å². The molecule has 0 amide bonds. The highest BCUT2D eigenvalue weighted by molar-refractivity contribution is 5.23. The van der Waals surface area contributed by atoms with Gasteiger partial charge in [0.2, 0.25) is 0 Å². The molecule has 0 aromatic heterocycles. The first kappa shape index (κ1) is 13.6. The van der Waals surface area contributed by atoms with E-state index in [-0.39, 0.29) is 6.10 Å². The van der Waals surface area contributed by atoms with E-state index in [0.717, 1.165) is 18.5 Å². The molecule has 1 aromatic rings. The van der Waals surface area contributed by atoms with E-state index in [1.54, 1.807) is 0 Å². The molecule has 0 radical (unpaired) electrons. The summed E-state index contributed by atoms with van der Waals surface area (Å²) in [4.78, 5) is 2.52. The Labute approximate surface area is 111 Å². The van der Waals surface area contributed by atoms with E-state index < -0.39 is 0 Å². The number of rotatable bonds is 4. The molecular weight excluding hydrogens is 222 g/mol. The SMILES string of the molecule is Cc1cccc(C(O)CCN2CCCCC2C)c1. The van der Waals surface area contributed by atoms with Crippen molar-refractivity contribution in [3.05, 3.63) is 35.4 Å². The molecule has 1 fully saturated rings. The number of piperidine rings is 1. The first-order valence-electron chi connectivity index (χ1n) is 7.15. The van der Waals surface area contributed by atoms with Crippen molar-refractivity contribution in [3.8, 4) is 0 Å². The second-order valence-electron chi connectivity index (χ2n) is 5.60. The molecule has 2 rings (SSSR count). The molecule has 0 bridgehead atoms. The highest BCUT2D eigenvalue weighted by Crippen LogP contribution is 2.21. The first-order valence-corrected chi connectivity index (χ1v) is 7.15. The van der Waals surface area contributed by atoms with Gasteiger partial charge in [-0.3, -0.25) is 0 Å². The van der Waals surface area contributed by atoms with Crippen molar-refractivity contribution >= 4 is 0 Å². The van der Waals surface area contributed by atoms with E-state index in [4.69, 9.17) is 0 Å². The molecule has 1 heterocycles. The molecule has 2 heteroatoms. The molecule has 2 atom stereocenters. The standard InChI is InChI=1S/C16H25NO/c1-13-6-5-8-15(12-13)16(18)9-11-17-10-4-3-7-14(17)2/h5-6,8,12,14,16,18H,3-4,7,9-11H2,1-2H3. The monoisotopic (exact) mass is 247 g/mol. The summed E-state index contributed by atoms with van der Waals surface area (Å²) >= 11 is 0. The van der Waals surface area contributed by atoms with Gasteiger partial charge in [-0.05, 0) is 45.2 Å². The third kappa shape index (κ3) is 3.56. The van der Waals surface area contributed by atoms with Gasteiger partial charge in [-0.25, -0.2) is 0 Å². The number of aryl methyl sites for hydroxylation is 1. The minimum Gasteiger partial charge on any atom is -0.388 e. The fourth-order valence-electron chi connectivity index (χ4n) is 2.82. The van der Waals surface area contributed by atoms with Crippen LogP contribution in [0.15, 0.2) is 24.3 Å². The molecule has 1 N–H and O–H groups in total. The second kappa shape index (κ2) is 6.35. The molecule has 0 aliphatic carbocycles. The van der Waals surface area contributed by atoms with Crippen LogP contribution in [0.25, 0.3) is 0 Å². The lowest BCUT2D eigenvalue weighted by Gasteiger charge is -2.33. The van der Waals surface area contributed by atoms with Gasteiger partial charge in [0.05, 0.1) is 6.10 Å². The number of aliphatic hydroxyl groups is 1. The van der Waals surface area contributed by atoms with Crippen LogP contribution in [0.4, 0.5) is 0 Å². The van der Waals surface area contributed by atoms with Crippen LogP contribution in [-0.2, 0) is 0 Å². The average Bonchev–Trinajstić information content (AvgIpc) is 2.37. The number of aliphatic hydroxyl groups excluding tert-OH is 1. The second-order valence-corrected chi connectivity index (χ2v) is 5.60. The van der Waals surface area contributed by atoms with Crippen LogP contribution in [-0.4, -0.2) is 29.1 Å². The Morgan fingerprint density at radius 1 is 1.39 bits per heavy atom. The number of hydrogen-bond donors (Lipinski definition) is 1. The van der Waals surface area contributed by atoms with Crippen LogP contribution in [0, 0.1) is 6.92 Å². The van der Waals surface area contributed by atoms with Gasteiger partial charge in [0.25, 0.3) is 0 Å². The maximum atomic E-state index is 10.2. The fraction of sp³-hybridized carbons (Fsp3) is 0.625. The third-order valence-electron chi connectivity index (χ3n) is 4.06. The van der Waals surface area contributed by atoms with Crippen molar-refractivity contribution < 1.29 is 5.11 Å². The zero-order chi connectivity index (χ0) is 13.0. The summed E-state index contributed by atoms with van der Waals surface area (Å²) in [5, 5.41) is 10.2. The third-order valence-corrected chi connectivity index (χ3v) is 4.06. The van der Waals surface area contributed by atoms with Crippen molar-refractivity contribution in [1.29, 1.82) is 0 Å². The number of nitrogens with zero attached hydrogens (tertiary/aromatic N) is 1. The molecule has 1 aliphatic rings. The smallest absolute Gasteiger partial charge is 0.0802 e. The van der Waals surface area contributed by atoms with Crippen molar-refractivity contribution in [1.82, 2.24) is 4.90 Å². The minimum absolute atomic E-state index is 0.320. The molecule has 2 nitrogen and oxygen atoms in total. The average molecular weight is 247 g/mol. The molecular formula is C16H25NO. The Morgan fingerprint density at radius 2 is 2.22 bits per heavy atom. The summed E-state index contributed by atoms with van der Waals surface area (Å²) in [6, 6.07) is 8.89. The number of likely N-dealkylation sites (tertiary alicyclic amines) is 1. The van der Waals surface area contributed by atoms with E-state index in [0.29, 0.717) is 6.04 Å². The van der Waals surface area contributed by atoms with Gasteiger partial charge in [0.1, 0.15) is 0 Å². The van der Waals surface area contributed by atoms with Crippen molar-refractivity contribution in [3.63, 3.8) is 0 Å². The van der Waals surface area contributed by atoms with Crippen LogP contribution < -0.4 is 0 Å². The predicted octanol–water partition coefficient (Wildman–Crippen LogP) is 3.29. The predicted molar refractivity (Wildman–Crippen MR) is 75.6 cm³/mol. The Kier molecular flexibility index (Phi) is 4.79. The Bertz CT molecular complexity index is 377. The number of hydrogen-bond acceptors (Lipinski definition) is 2. The van der Waals surface area contributed by atoms with Crippen LogP contribution >= 0.6 is 0 Å². The quantitative estimate of drug-likeness (QED) is 0.882. The lowest BCUT2D eigenvalue weighted by molar-refractivity contribution is 0.109. The molecule has 0 spiro atoms. The van der Waals surface area contributed by atoms with Gasteiger partial charge in [0, 0.05) is 12.6 Å². The van der Waals surface area contributed by atoms with Crippen LogP contribution in [0.3, 0.4) is 0 Å². The Morgan fingerprint density at radius 3 is 2.94 bits per heavy atom. The topological polar surface area (TPSA) is 23.5 Å². The molecule has 0 saturated carbocycles. The van der Waals surface area contributed by atoms with E-state index >= 15 is 0 Å². The summed E-state index contributed by atoms with van der Waals surface area (Å²) in [6.07, 6.45) is 4.50. The summed E-state index contributed by atoms with van der Waals surface area (Å²) in [5.74, 6) is 0. The molecule has 1 aliphatic heterocycles. The van der Waals surface area contributed by atoms with Crippen LogP contribution in [0.1, 0.15) is 49.8 Å². The zero-order valence-corrected chi connectivity index (χ0v) is 11.6. The van der Waals surface area contributed by atoms with Gasteiger partial charge in [0.15, 0.2) is 0 Å². The van der Waals surface area contributed by atoms with E-state index in [9.17, 15) is 5.11 Å². The number of benzene rings is 1. The van der Waals surface area contributed by atoms with Gasteiger partial charge in [-0.15, -0.1) is 0 Å². The first-order chi connectivity index (χ1) is 8.66. The summed E-state index contributed by atoms with van der Waals surface area (Å²) in [5.41, 5.74) is 2.28. The molecule has 18 heavy (non-hydrogen) atoms. The Balaban J connectivity index is 1.86. The normalized spacial score (nSPS) is 22.9. The summed E-state index contributed by atoms with van der Waals surface area (Å²) in [7, 11) is 0. The zero-order valence-electron chi connectivity index (χ0n) is 11.6. The van der Waals surface area contributed by atoms with E-state index in [1.165, 1.54) is 31.4 Å². The van der Waals surface area contributed by atoms with Crippen LogP contribution in [0.2, 0.25) is 0 Å². The summed E-state index contributed by atoms with van der Waals surface area (Å²) in [6.45, 7) is 6.58. The fourth-order valence-corrected chi connectivity index (χ4v) is 2.82. The lowest BCUT2D eigenvalue weighted by Crippen LogP contribution is -2.38. The van der Waals surface area contributed by atoms with Gasteiger partial charge < -0.3 is 10.0 Å².